The number of ether oxygens (including phenoxy) is 3. The molecule has 35 heavy (non-hydrogen) atoms. The van der Waals surface area contributed by atoms with Gasteiger partial charge in [0.15, 0.2) is 18.1 Å². The molecular formula is C26H21ClIN3O4. The Morgan fingerprint density at radius 1 is 1.09 bits per heavy atom. The molecule has 1 aromatic heterocycles. The van der Waals surface area contributed by atoms with E-state index in [-0.39, 0.29) is 6.61 Å². The molecule has 178 valence electrons. The number of hydrogen-bond donors (Lipinski definition) is 1. The highest BCUT2D eigenvalue weighted by Crippen LogP contribution is 2.34. The number of nitrogens with one attached hydrogen (secondary N) is 1. The third kappa shape index (κ3) is 6.61. The molecule has 0 fully saturated rings. The fraction of sp³-hybridized carbons (Fsp3) is 0.115. The van der Waals surface area contributed by atoms with Gasteiger partial charge in [0.25, 0.3) is 5.91 Å². The number of benzene rings is 3. The standard InChI is InChI=1S/C26H21ClIN3O4/c1-33-23-13-18(12-21(28)26(23)35-15-17-7-9-20(27)10-8-17)14-30-31-24(32)16-34-22-6-2-4-19-5-3-11-29-25(19)22/h2-14H,15-16H2,1H3,(H,31,32)/b30-14-. The number of rotatable bonds is 9. The quantitative estimate of drug-likeness (QED) is 0.153. The highest BCUT2D eigenvalue weighted by molar-refractivity contribution is 14.1. The number of carbonyl (C=O) groups excluding carboxylic acids is 1. The molecule has 0 aliphatic rings. The summed E-state index contributed by atoms with van der Waals surface area (Å²) in [4.78, 5) is 16.5. The molecular weight excluding hydrogens is 581 g/mol. The molecule has 0 saturated heterocycles. The van der Waals surface area contributed by atoms with Crippen molar-refractivity contribution in [1.29, 1.82) is 0 Å². The molecule has 0 radical (unpaired) electrons. The Kier molecular flexibility index (Phi) is 8.38. The first-order chi connectivity index (χ1) is 17.0. The number of carbonyl (C=O) groups is 1. The first-order valence-electron chi connectivity index (χ1n) is 10.6. The lowest BCUT2D eigenvalue weighted by atomic mass is 10.2. The minimum absolute atomic E-state index is 0.189. The number of halogens is 2. The van der Waals surface area contributed by atoms with Gasteiger partial charge >= 0.3 is 0 Å². The zero-order valence-electron chi connectivity index (χ0n) is 18.7. The Morgan fingerprint density at radius 3 is 2.69 bits per heavy atom. The van der Waals surface area contributed by atoms with E-state index in [1.165, 1.54) is 6.21 Å². The summed E-state index contributed by atoms with van der Waals surface area (Å²) in [5.41, 5.74) is 4.90. The molecule has 0 saturated carbocycles. The van der Waals surface area contributed by atoms with Crippen molar-refractivity contribution in [3.63, 3.8) is 0 Å². The second-order valence-corrected chi connectivity index (χ2v) is 8.96. The third-order valence-corrected chi connectivity index (χ3v) is 5.96. The fourth-order valence-corrected chi connectivity index (χ4v) is 4.14. The minimum Gasteiger partial charge on any atom is -0.493 e. The minimum atomic E-state index is -0.390. The van der Waals surface area contributed by atoms with Crippen LogP contribution in [-0.4, -0.2) is 30.8 Å². The number of fused-ring (bicyclic) bond motifs is 1. The van der Waals surface area contributed by atoms with Crippen LogP contribution in [0, 0.1) is 3.57 Å². The van der Waals surface area contributed by atoms with E-state index >= 15 is 0 Å². The molecule has 0 unspecified atom stereocenters. The zero-order chi connectivity index (χ0) is 24.6. The van der Waals surface area contributed by atoms with E-state index in [4.69, 9.17) is 25.8 Å². The highest BCUT2D eigenvalue weighted by atomic mass is 127. The van der Waals surface area contributed by atoms with Gasteiger partial charge in [0, 0.05) is 16.6 Å². The Hall–Kier alpha value is -3.37. The van der Waals surface area contributed by atoms with Gasteiger partial charge in [-0.3, -0.25) is 9.78 Å². The van der Waals surface area contributed by atoms with E-state index in [9.17, 15) is 4.79 Å². The van der Waals surface area contributed by atoms with Crippen molar-refractivity contribution in [2.75, 3.05) is 13.7 Å². The number of pyridine rings is 1. The summed E-state index contributed by atoms with van der Waals surface area (Å²) in [6.07, 6.45) is 3.22. The lowest BCUT2D eigenvalue weighted by Gasteiger charge is -2.13. The molecule has 4 aromatic rings. The van der Waals surface area contributed by atoms with Crippen LogP contribution in [0.15, 0.2) is 78.0 Å². The van der Waals surface area contributed by atoms with Gasteiger partial charge in [-0.05, 0) is 70.1 Å². The summed E-state index contributed by atoms with van der Waals surface area (Å²) in [6.45, 7) is 0.185. The summed E-state index contributed by atoms with van der Waals surface area (Å²) in [6, 6.07) is 20.5. The maximum absolute atomic E-state index is 12.2. The average Bonchev–Trinajstić information content (AvgIpc) is 2.87. The van der Waals surface area contributed by atoms with Crippen molar-refractivity contribution in [3.05, 3.63) is 92.6 Å². The Bertz CT molecular complexity index is 1360. The maximum Gasteiger partial charge on any atom is 0.277 e. The van der Waals surface area contributed by atoms with Crippen LogP contribution in [0.3, 0.4) is 0 Å². The smallest absolute Gasteiger partial charge is 0.277 e. The normalized spacial score (nSPS) is 10.9. The summed E-state index contributed by atoms with van der Waals surface area (Å²) in [7, 11) is 1.57. The van der Waals surface area contributed by atoms with Crippen LogP contribution in [0.4, 0.5) is 0 Å². The summed E-state index contributed by atoms with van der Waals surface area (Å²) in [5, 5.41) is 5.64. The Balaban J connectivity index is 1.35. The number of hydrazone groups is 1. The lowest BCUT2D eigenvalue weighted by Crippen LogP contribution is -2.24. The first-order valence-corrected chi connectivity index (χ1v) is 12.0. The van der Waals surface area contributed by atoms with E-state index in [1.54, 1.807) is 25.4 Å². The van der Waals surface area contributed by atoms with Crippen LogP contribution in [0.25, 0.3) is 10.9 Å². The average molecular weight is 602 g/mol. The SMILES string of the molecule is COc1cc(/C=N\NC(=O)COc2cccc3cccnc23)cc(I)c1OCc1ccc(Cl)cc1. The number of amides is 1. The predicted molar refractivity (Wildman–Crippen MR) is 144 cm³/mol. The zero-order valence-corrected chi connectivity index (χ0v) is 21.6. The molecule has 1 amide bonds. The van der Waals surface area contributed by atoms with Crippen LogP contribution in [0.1, 0.15) is 11.1 Å². The number of methoxy groups -OCH3 is 1. The van der Waals surface area contributed by atoms with Gasteiger partial charge in [-0.25, -0.2) is 5.43 Å². The molecule has 0 spiro atoms. The van der Waals surface area contributed by atoms with Crippen molar-refractivity contribution in [2.45, 2.75) is 6.61 Å². The van der Waals surface area contributed by atoms with Crippen molar-refractivity contribution in [1.82, 2.24) is 10.4 Å². The van der Waals surface area contributed by atoms with Gasteiger partial charge in [-0.2, -0.15) is 5.10 Å². The Labute approximate surface area is 221 Å². The molecule has 1 N–H and O–H groups in total. The van der Waals surface area contributed by atoms with Crippen molar-refractivity contribution < 1.29 is 19.0 Å². The van der Waals surface area contributed by atoms with Crippen LogP contribution in [-0.2, 0) is 11.4 Å². The molecule has 3 aromatic carbocycles. The van der Waals surface area contributed by atoms with Crippen molar-refractivity contribution in [3.8, 4) is 17.2 Å². The largest absolute Gasteiger partial charge is 0.493 e. The van der Waals surface area contributed by atoms with Gasteiger partial charge < -0.3 is 14.2 Å². The molecule has 1 heterocycles. The first kappa shape index (κ1) is 24.7. The fourth-order valence-electron chi connectivity index (χ4n) is 3.24. The van der Waals surface area contributed by atoms with E-state index in [2.05, 4.69) is 38.1 Å². The molecule has 4 rings (SSSR count). The summed E-state index contributed by atoms with van der Waals surface area (Å²) in [5.74, 6) is 1.33. The van der Waals surface area contributed by atoms with Gasteiger partial charge in [0.2, 0.25) is 0 Å². The van der Waals surface area contributed by atoms with E-state index < -0.39 is 5.91 Å². The number of para-hydroxylation sites is 1. The maximum atomic E-state index is 12.2. The molecule has 0 aliphatic carbocycles. The summed E-state index contributed by atoms with van der Waals surface area (Å²) >= 11 is 8.11. The second kappa shape index (κ2) is 11.9. The molecule has 0 atom stereocenters. The number of nitrogens with zero attached hydrogens (tertiary/aromatic N) is 2. The molecule has 0 bridgehead atoms. The van der Waals surface area contributed by atoms with Crippen LogP contribution >= 0.6 is 34.2 Å². The predicted octanol–water partition coefficient (Wildman–Crippen LogP) is 5.61. The number of aromatic nitrogens is 1. The van der Waals surface area contributed by atoms with Crippen molar-refractivity contribution in [2.24, 2.45) is 5.10 Å². The second-order valence-electron chi connectivity index (χ2n) is 7.36. The van der Waals surface area contributed by atoms with Crippen molar-refractivity contribution >= 4 is 57.2 Å². The summed E-state index contributed by atoms with van der Waals surface area (Å²) < 4.78 is 17.9. The van der Waals surface area contributed by atoms with E-state index in [1.807, 2.05) is 54.6 Å². The number of hydrogen-bond acceptors (Lipinski definition) is 6. The van der Waals surface area contributed by atoms with Crippen LogP contribution < -0.4 is 19.6 Å². The van der Waals surface area contributed by atoms with Gasteiger partial charge in [-0.1, -0.05) is 41.9 Å². The lowest BCUT2D eigenvalue weighted by molar-refractivity contribution is -0.123. The third-order valence-electron chi connectivity index (χ3n) is 4.91. The van der Waals surface area contributed by atoms with Gasteiger partial charge in [0.1, 0.15) is 17.9 Å². The van der Waals surface area contributed by atoms with Crippen LogP contribution in [0.2, 0.25) is 5.02 Å². The molecule has 7 nitrogen and oxygen atoms in total. The highest BCUT2D eigenvalue weighted by Gasteiger charge is 2.12. The van der Waals surface area contributed by atoms with Crippen LogP contribution in [0.5, 0.6) is 17.2 Å². The van der Waals surface area contributed by atoms with E-state index in [0.29, 0.717) is 34.4 Å². The topological polar surface area (TPSA) is 82.0 Å². The Morgan fingerprint density at radius 2 is 1.89 bits per heavy atom. The monoisotopic (exact) mass is 601 g/mol. The van der Waals surface area contributed by atoms with E-state index in [0.717, 1.165) is 20.1 Å². The molecule has 9 heteroatoms. The molecule has 0 aliphatic heterocycles. The van der Waals surface area contributed by atoms with Gasteiger partial charge in [0.05, 0.1) is 16.9 Å². The van der Waals surface area contributed by atoms with Gasteiger partial charge in [-0.15, -0.1) is 0 Å².